The van der Waals surface area contributed by atoms with E-state index < -0.39 is 39.2 Å². The summed E-state index contributed by atoms with van der Waals surface area (Å²) in [6.07, 6.45) is -3.82. The van der Waals surface area contributed by atoms with Crippen molar-refractivity contribution in [3.05, 3.63) is 63.2 Å². The number of likely N-dealkylation sites (tertiary alicyclic amines) is 1. The van der Waals surface area contributed by atoms with Crippen LogP contribution in [0, 0.1) is 6.92 Å². The highest BCUT2D eigenvalue weighted by Gasteiger charge is 2.36. The third-order valence-electron chi connectivity index (χ3n) is 7.31. The van der Waals surface area contributed by atoms with Crippen LogP contribution in [0.25, 0.3) is 0 Å². The lowest BCUT2D eigenvalue weighted by atomic mass is 9.95. The van der Waals surface area contributed by atoms with Gasteiger partial charge >= 0.3 is 12.3 Å². The standard InChI is InChI=1S/C30H39ClF3N3O5S/c1-7-43(40,41)26-11-10-22(31)14-21(26)16-35-27(38)20-13-19(2)24(25(15-20)30(32,33)34)18-37-12-8-9-23(17-37)36(6)28(39)42-29(3,4)5/h10-11,13-15,23H,7-9,12,16-18H2,1-6H3,(H,35,38)/t23-/m0/s1. The second-order valence-corrected chi connectivity index (χ2v) is 14.5. The quantitative estimate of drug-likeness (QED) is 0.366. The first-order chi connectivity index (χ1) is 19.8. The SMILES string of the molecule is CCS(=O)(=O)c1ccc(Cl)cc1CNC(=O)c1cc(C)c(CN2CCC[C@H](N(C)C(=O)OC(C)(C)C)C2)c(C(F)(F)F)c1. The van der Waals surface area contributed by atoms with E-state index in [0.717, 1.165) is 6.07 Å². The van der Waals surface area contributed by atoms with Gasteiger partial charge in [-0.3, -0.25) is 9.69 Å². The molecule has 0 unspecified atom stereocenters. The van der Waals surface area contributed by atoms with Gasteiger partial charge in [0, 0.05) is 43.3 Å². The van der Waals surface area contributed by atoms with Gasteiger partial charge in [0.15, 0.2) is 9.84 Å². The molecule has 0 radical (unpaired) electrons. The third-order valence-corrected chi connectivity index (χ3v) is 9.37. The minimum absolute atomic E-state index is 0.000594. The van der Waals surface area contributed by atoms with Gasteiger partial charge in [-0.05, 0) is 94.1 Å². The largest absolute Gasteiger partial charge is 0.444 e. The Bertz CT molecular complexity index is 1460. The van der Waals surface area contributed by atoms with Crippen LogP contribution >= 0.6 is 11.6 Å². The first-order valence-corrected chi connectivity index (χ1v) is 16.0. The molecule has 1 heterocycles. The molecule has 238 valence electrons. The molecule has 2 aromatic rings. The first kappa shape index (κ1) is 34.7. The first-order valence-electron chi connectivity index (χ1n) is 14.0. The number of hydrogen-bond donors (Lipinski definition) is 1. The van der Waals surface area contributed by atoms with Gasteiger partial charge < -0.3 is 15.0 Å². The van der Waals surface area contributed by atoms with Crippen LogP contribution in [0.4, 0.5) is 18.0 Å². The molecule has 1 aliphatic rings. The number of hydrogen-bond acceptors (Lipinski definition) is 6. The minimum Gasteiger partial charge on any atom is -0.444 e. The highest BCUT2D eigenvalue weighted by molar-refractivity contribution is 7.91. The van der Waals surface area contributed by atoms with Crippen LogP contribution in [0.5, 0.6) is 0 Å². The van der Waals surface area contributed by atoms with Crippen molar-refractivity contribution in [3.8, 4) is 0 Å². The summed E-state index contributed by atoms with van der Waals surface area (Å²) >= 11 is 6.04. The summed E-state index contributed by atoms with van der Waals surface area (Å²) in [7, 11) is -1.99. The van der Waals surface area contributed by atoms with Crippen molar-refractivity contribution in [1.29, 1.82) is 0 Å². The van der Waals surface area contributed by atoms with E-state index in [0.29, 0.717) is 31.5 Å². The van der Waals surface area contributed by atoms with Gasteiger partial charge in [0.1, 0.15) is 5.60 Å². The summed E-state index contributed by atoms with van der Waals surface area (Å²) in [6, 6.07) is 6.18. The van der Waals surface area contributed by atoms with E-state index in [2.05, 4.69) is 5.32 Å². The Morgan fingerprint density at radius 3 is 2.44 bits per heavy atom. The minimum atomic E-state index is -4.73. The van der Waals surface area contributed by atoms with Crippen LogP contribution < -0.4 is 5.32 Å². The topological polar surface area (TPSA) is 96.0 Å². The van der Waals surface area contributed by atoms with E-state index in [9.17, 15) is 31.2 Å². The van der Waals surface area contributed by atoms with Gasteiger partial charge in [-0.1, -0.05) is 18.5 Å². The fourth-order valence-electron chi connectivity index (χ4n) is 5.03. The number of carbonyl (C=O) groups excluding carboxylic acids is 2. The Hall–Kier alpha value is -2.83. The summed E-state index contributed by atoms with van der Waals surface area (Å²) in [5, 5.41) is 2.80. The number of likely N-dealkylation sites (N-methyl/N-ethyl adjacent to an activating group) is 1. The molecule has 3 rings (SSSR count). The Kier molecular flexibility index (Phi) is 10.8. The van der Waals surface area contributed by atoms with Crippen molar-refractivity contribution < 1.29 is 35.9 Å². The molecule has 0 aliphatic carbocycles. The van der Waals surface area contributed by atoms with Crippen molar-refractivity contribution in [2.75, 3.05) is 25.9 Å². The maximum atomic E-state index is 14.3. The highest BCUT2D eigenvalue weighted by atomic mass is 35.5. The predicted octanol–water partition coefficient (Wildman–Crippen LogP) is 6.22. The molecule has 1 fully saturated rings. The molecule has 2 aromatic carbocycles. The summed E-state index contributed by atoms with van der Waals surface area (Å²) in [4.78, 5) is 29.0. The number of benzene rings is 2. The second kappa shape index (κ2) is 13.4. The van der Waals surface area contributed by atoms with Crippen LogP contribution in [0.15, 0.2) is 35.2 Å². The van der Waals surface area contributed by atoms with Crippen LogP contribution in [0.2, 0.25) is 5.02 Å². The maximum Gasteiger partial charge on any atom is 0.416 e. The van der Waals surface area contributed by atoms with Gasteiger partial charge in [-0.25, -0.2) is 13.2 Å². The number of aryl methyl sites for hydroxylation is 1. The van der Waals surface area contributed by atoms with E-state index in [1.165, 1.54) is 43.0 Å². The maximum absolute atomic E-state index is 14.3. The van der Waals surface area contributed by atoms with Crippen LogP contribution in [-0.4, -0.2) is 67.8 Å². The average Bonchev–Trinajstić information content (AvgIpc) is 2.90. The van der Waals surface area contributed by atoms with Crippen molar-refractivity contribution in [2.24, 2.45) is 0 Å². The average molecular weight is 646 g/mol. The number of sulfone groups is 1. The zero-order valence-corrected chi connectivity index (χ0v) is 26.8. The van der Waals surface area contributed by atoms with Gasteiger partial charge in [0.25, 0.3) is 5.91 Å². The molecule has 1 N–H and O–H groups in total. The number of ether oxygens (including phenoxy) is 1. The van der Waals surface area contributed by atoms with Gasteiger partial charge in [0.05, 0.1) is 16.2 Å². The Labute approximate surface area is 256 Å². The zero-order valence-electron chi connectivity index (χ0n) is 25.3. The number of rotatable bonds is 8. The lowest BCUT2D eigenvalue weighted by molar-refractivity contribution is -0.138. The molecule has 0 aromatic heterocycles. The van der Waals surface area contributed by atoms with Crippen molar-refractivity contribution in [1.82, 2.24) is 15.1 Å². The van der Waals surface area contributed by atoms with E-state index in [4.69, 9.17) is 16.3 Å². The van der Waals surface area contributed by atoms with E-state index in [-0.39, 0.29) is 51.5 Å². The number of alkyl halides is 3. The fraction of sp³-hybridized carbons (Fsp3) is 0.533. The molecule has 1 atom stereocenters. The lowest BCUT2D eigenvalue weighted by Gasteiger charge is -2.38. The Morgan fingerprint density at radius 2 is 1.84 bits per heavy atom. The molecular weight excluding hydrogens is 607 g/mol. The lowest BCUT2D eigenvalue weighted by Crippen LogP contribution is -2.49. The molecule has 8 nitrogen and oxygen atoms in total. The van der Waals surface area contributed by atoms with E-state index >= 15 is 0 Å². The van der Waals surface area contributed by atoms with Crippen molar-refractivity contribution >= 4 is 33.4 Å². The monoisotopic (exact) mass is 645 g/mol. The molecule has 2 amide bonds. The molecule has 1 saturated heterocycles. The molecule has 0 spiro atoms. The van der Waals surface area contributed by atoms with Crippen molar-refractivity contribution in [3.63, 3.8) is 0 Å². The van der Waals surface area contributed by atoms with E-state index in [1.807, 2.05) is 4.90 Å². The third kappa shape index (κ3) is 9.09. The number of amides is 2. The summed E-state index contributed by atoms with van der Waals surface area (Å²) < 4.78 is 73.4. The summed E-state index contributed by atoms with van der Waals surface area (Å²) in [6.45, 7) is 8.99. The van der Waals surface area contributed by atoms with Gasteiger partial charge in [-0.2, -0.15) is 13.2 Å². The van der Waals surface area contributed by atoms with Crippen LogP contribution in [0.1, 0.15) is 73.1 Å². The van der Waals surface area contributed by atoms with Gasteiger partial charge in [-0.15, -0.1) is 0 Å². The smallest absolute Gasteiger partial charge is 0.416 e. The Balaban J connectivity index is 1.82. The van der Waals surface area contributed by atoms with Crippen LogP contribution in [0.3, 0.4) is 0 Å². The number of piperidine rings is 1. The predicted molar refractivity (Wildman–Crippen MR) is 159 cm³/mol. The Morgan fingerprint density at radius 1 is 1.16 bits per heavy atom. The fourth-order valence-corrected chi connectivity index (χ4v) is 6.34. The van der Waals surface area contributed by atoms with Gasteiger partial charge in [0.2, 0.25) is 0 Å². The van der Waals surface area contributed by atoms with E-state index in [1.54, 1.807) is 27.8 Å². The summed E-state index contributed by atoms with van der Waals surface area (Å²) in [5.74, 6) is -0.947. The number of nitrogens with zero attached hydrogens (tertiary/aromatic N) is 2. The highest BCUT2D eigenvalue weighted by Crippen LogP contribution is 2.36. The summed E-state index contributed by atoms with van der Waals surface area (Å²) in [5.41, 5.74) is -1.21. The second-order valence-electron chi connectivity index (χ2n) is 11.8. The molecule has 1 aliphatic heterocycles. The number of carbonyl (C=O) groups is 2. The molecule has 43 heavy (non-hydrogen) atoms. The molecular formula is C30H39ClF3N3O5S. The molecule has 13 heteroatoms. The number of nitrogens with one attached hydrogen (secondary N) is 1. The van der Waals surface area contributed by atoms with Crippen LogP contribution in [-0.2, 0) is 33.8 Å². The molecule has 0 bridgehead atoms. The number of halogens is 4. The normalized spacial score (nSPS) is 16.6. The molecule has 0 saturated carbocycles. The van der Waals surface area contributed by atoms with Crippen molar-refractivity contribution in [2.45, 2.75) is 83.3 Å². The zero-order chi connectivity index (χ0) is 32.3.